The van der Waals surface area contributed by atoms with Crippen LogP contribution >= 0.6 is 0 Å². The SMILES string of the molecule is CCC1(C(=O)N2CCC(OCC(=O)O)CC2)CCNC1. The topological polar surface area (TPSA) is 78.9 Å². The minimum absolute atomic E-state index is 0.0329. The van der Waals surface area contributed by atoms with Gasteiger partial charge in [-0.05, 0) is 32.2 Å². The van der Waals surface area contributed by atoms with Gasteiger partial charge in [-0.15, -0.1) is 0 Å². The van der Waals surface area contributed by atoms with E-state index < -0.39 is 5.97 Å². The van der Waals surface area contributed by atoms with Gasteiger partial charge in [-0.25, -0.2) is 4.79 Å². The molecule has 1 atom stereocenters. The van der Waals surface area contributed by atoms with E-state index in [-0.39, 0.29) is 24.0 Å². The van der Waals surface area contributed by atoms with Gasteiger partial charge in [0.25, 0.3) is 0 Å². The Morgan fingerprint density at radius 2 is 2.10 bits per heavy atom. The summed E-state index contributed by atoms with van der Waals surface area (Å²) in [7, 11) is 0. The van der Waals surface area contributed by atoms with Crippen molar-refractivity contribution in [1.29, 1.82) is 0 Å². The van der Waals surface area contributed by atoms with E-state index in [1.54, 1.807) is 0 Å². The van der Waals surface area contributed by atoms with Gasteiger partial charge in [0.05, 0.1) is 11.5 Å². The summed E-state index contributed by atoms with van der Waals surface area (Å²) in [5.74, 6) is -0.688. The van der Waals surface area contributed by atoms with Crippen LogP contribution in [0.3, 0.4) is 0 Å². The molecule has 114 valence electrons. The Balaban J connectivity index is 1.84. The molecule has 2 rings (SSSR count). The summed E-state index contributed by atoms with van der Waals surface area (Å²) in [6, 6.07) is 0. The number of piperidine rings is 1. The summed E-state index contributed by atoms with van der Waals surface area (Å²) in [5.41, 5.74) is -0.227. The molecule has 0 aromatic carbocycles. The molecule has 0 aromatic heterocycles. The molecule has 2 aliphatic rings. The van der Waals surface area contributed by atoms with Crippen molar-refractivity contribution in [2.24, 2.45) is 5.41 Å². The zero-order valence-corrected chi connectivity index (χ0v) is 12.1. The lowest BCUT2D eigenvalue weighted by molar-refractivity contribution is -0.149. The van der Waals surface area contributed by atoms with Crippen LogP contribution < -0.4 is 5.32 Å². The van der Waals surface area contributed by atoms with Crippen LogP contribution in [0.2, 0.25) is 0 Å². The third-order valence-corrected chi connectivity index (χ3v) is 4.55. The third-order valence-electron chi connectivity index (χ3n) is 4.55. The minimum atomic E-state index is -0.939. The lowest BCUT2D eigenvalue weighted by atomic mass is 9.82. The van der Waals surface area contributed by atoms with Crippen molar-refractivity contribution in [2.45, 2.75) is 38.7 Å². The Labute approximate surface area is 119 Å². The highest BCUT2D eigenvalue weighted by Crippen LogP contribution is 2.32. The number of ether oxygens (including phenoxy) is 1. The number of hydrogen-bond acceptors (Lipinski definition) is 4. The van der Waals surface area contributed by atoms with Crippen molar-refractivity contribution in [3.8, 4) is 0 Å². The molecule has 2 heterocycles. The molecular formula is C14H24N2O4. The first-order valence-electron chi connectivity index (χ1n) is 7.41. The number of carbonyl (C=O) groups excluding carboxylic acids is 1. The van der Waals surface area contributed by atoms with Crippen LogP contribution in [0, 0.1) is 5.41 Å². The third kappa shape index (κ3) is 3.30. The number of nitrogens with one attached hydrogen (secondary N) is 1. The number of carbonyl (C=O) groups is 2. The van der Waals surface area contributed by atoms with Crippen molar-refractivity contribution in [3.05, 3.63) is 0 Å². The Bertz CT molecular complexity index is 358. The van der Waals surface area contributed by atoms with E-state index >= 15 is 0 Å². The van der Waals surface area contributed by atoms with Crippen LogP contribution in [0.15, 0.2) is 0 Å². The summed E-state index contributed by atoms with van der Waals surface area (Å²) in [6.45, 7) is 4.86. The van der Waals surface area contributed by atoms with Crippen LogP contribution in [0.1, 0.15) is 32.6 Å². The lowest BCUT2D eigenvalue weighted by Crippen LogP contribution is -2.49. The fraction of sp³-hybridized carbons (Fsp3) is 0.857. The molecule has 2 fully saturated rings. The van der Waals surface area contributed by atoms with E-state index in [0.29, 0.717) is 13.1 Å². The van der Waals surface area contributed by atoms with Gasteiger partial charge < -0.3 is 20.1 Å². The lowest BCUT2D eigenvalue weighted by Gasteiger charge is -2.37. The second-order valence-corrected chi connectivity index (χ2v) is 5.76. The molecule has 0 saturated carbocycles. The molecule has 6 heteroatoms. The summed E-state index contributed by atoms with van der Waals surface area (Å²) in [4.78, 5) is 25.1. The number of amides is 1. The Kier molecular flexibility index (Phi) is 4.99. The molecule has 0 aliphatic carbocycles. The van der Waals surface area contributed by atoms with Crippen LogP contribution in [0.4, 0.5) is 0 Å². The zero-order valence-electron chi connectivity index (χ0n) is 12.1. The normalized spacial score (nSPS) is 27.8. The monoisotopic (exact) mass is 284 g/mol. The average Bonchev–Trinajstić information content (AvgIpc) is 2.95. The average molecular weight is 284 g/mol. The largest absolute Gasteiger partial charge is 0.480 e. The van der Waals surface area contributed by atoms with Gasteiger partial charge >= 0.3 is 5.97 Å². The van der Waals surface area contributed by atoms with E-state index in [1.165, 1.54) is 0 Å². The quantitative estimate of drug-likeness (QED) is 0.767. The first kappa shape index (κ1) is 15.3. The number of rotatable bonds is 5. The van der Waals surface area contributed by atoms with E-state index in [1.807, 2.05) is 4.90 Å². The van der Waals surface area contributed by atoms with Gasteiger partial charge in [-0.1, -0.05) is 6.92 Å². The van der Waals surface area contributed by atoms with Crippen molar-refractivity contribution in [3.63, 3.8) is 0 Å². The molecule has 0 spiro atoms. The zero-order chi connectivity index (χ0) is 14.6. The van der Waals surface area contributed by atoms with E-state index in [4.69, 9.17) is 9.84 Å². The maximum Gasteiger partial charge on any atom is 0.329 e. The Morgan fingerprint density at radius 3 is 2.60 bits per heavy atom. The van der Waals surface area contributed by atoms with Gasteiger partial charge in [0, 0.05) is 19.6 Å². The maximum absolute atomic E-state index is 12.7. The number of nitrogens with zero attached hydrogens (tertiary/aromatic N) is 1. The van der Waals surface area contributed by atoms with Gasteiger partial charge in [-0.2, -0.15) is 0 Å². The molecule has 0 aromatic rings. The Morgan fingerprint density at radius 1 is 1.40 bits per heavy atom. The molecule has 6 nitrogen and oxygen atoms in total. The highest BCUT2D eigenvalue weighted by molar-refractivity contribution is 5.83. The predicted octanol–water partition coefficient (Wildman–Crippen LogP) is 0.468. The second-order valence-electron chi connectivity index (χ2n) is 5.76. The van der Waals surface area contributed by atoms with Crippen molar-refractivity contribution >= 4 is 11.9 Å². The highest BCUT2D eigenvalue weighted by atomic mass is 16.5. The minimum Gasteiger partial charge on any atom is -0.480 e. The first-order valence-corrected chi connectivity index (χ1v) is 7.41. The standard InChI is InChI=1S/C14H24N2O4/c1-2-14(5-6-15-10-14)13(19)16-7-3-11(4-8-16)20-9-12(17)18/h11,15H,2-10H2,1H3,(H,17,18). The van der Waals surface area contributed by atoms with Crippen LogP contribution in [-0.2, 0) is 14.3 Å². The van der Waals surface area contributed by atoms with E-state index in [9.17, 15) is 9.59 Å². The number of likely N-dealkylation sites (tertiary alicyclic amines) is 1. The number of carboxylic acid groups (broad SMARTS) is 1. The molecule has 1 amide bonds. The van der Waals surface area contributed by atoms with Gasteiger partial charge in [0.1, 0.15) is 6.61 Å². The number of hydrogen-bond donors (Lipinski definition) is 2. The highest BCUT2D eigenvalue weighted by Gasteiger charge is 2.42. The fourth-order valence-corrected chi connectivity index (χ4v) is 3.13. The first-order chi connectivity index (χ1) is 9.57. The molecule has 0 bridgehead atoms. The second kappa shape index (κ2) is 6.54. The molecular weight excluding hydrogens is 260 g/mol. The molecule has 2 N–H and O–H groups in total. The van der Waals surface area contributed by atoms with Gasteiger partial charge in [0.15, 0.2) is 0 Å². The number of carboxylic acids is 1. The van der Waals surface area contributed by atoms with Crippen LogP contribution in [0.25, 0.3) is 0 Å². The van der Waals surface area contributed by atoms with Crippen molar-refractivity contribution in [2.75, 3.05) is 32.8 Å². The van der Waals surface area contributed by atoms with Gasteiger partial charge in [0.2, 0.25) is 5.91 Å². The van der Waals surface area contributed by atoms with Gasteiger partial charge in [-0.3, -0.25) is 4.79 Å². The predicted molar refractivity (Wildman–Crippen MR) is 73.4 cm³/mol. The smallest absolute Gasteiger partial charge is 0.329 e. The summed E-state index contributed by atoms with van der Waals surface area (Å²) in [5, 5.41) is 11.9. The van der Waals surface area contributed by atoms with E-state index in [0.717, 1.165) is 38.8 Å². The molecule has 2 saturated heterocycles. The molecule has 1 unspecified atom stereocenters. The maximum atomic E-state index is 12.7. The summed E-state index contributed by atoms with van der Waals surface area (Å²) in [6.07, 6.45) is 3.21. The summed E-state index contributed by atoms with van der Waals surface area (Å²) < 4.78 is 5.30. The fourth-order valence-electron chi connectivity index (χ4n) is 3.13. The molecule has 0 radical (unpaired) electrons. The van der Waals surface area contributed by atoms with E-state index in [2.05, 4.69) is 12.2 Å². The summed E-state index contributed by atoms with van der Waals surface area (Å²) >= 11 is 0. The number of aliphatic carboxylic acids is 1. The van der Waals surface area contributed by atoms with Crippen molar-refractivity contribution in [1.82, 2.24) is 10.2 Å². The van der Waals surface area contributed by atoms with Crippen LogP contribution in [-0.4, -0.2) is 60.8 Å². The Hall–Kier alpha value is -1.14. The van der Waals surface area contributed by atoms with Crippen molar-refractivity contribution < 1.29 is 19.4 Å². The molecule has 20 heavy (non-hydrogen) atoms. The van der Waals surface area contributed by atoms with Crippen LogP contribution in [0.5, 0.6) is 0 Å². The molecule has 2 aliphatic heterocycles.